The second-order valence-electron chi connectivity index (χ2n) is 5.38. The van der Waals surface area contributed by atoms with E-state index in [2.05, 4.69) is 46.0 Å². The number of anilines is 1. The molecule has 0 fully saturated rings. The van der Waals surface area contributed by atoms with Gasteiger partial charge in [-0.25, -0.2) is 14.6 Å². The van der Waals surface area contributed by atoms with Gasteiger partial charge in [0.2, 0.25) is 0 Å². The molecule has 0 aromatic carbocycles. The summed E-state index contributed by atoms with van der Waals surface area (Å²) < 4.78 is 1.86. The molecule has 0 atom stereocenters. The van der Waals surface area contributed by atoms with Gasteiger partial charge >= 0.3 is 0 Å². The zero-order valence-corrected chi connectivity index (χ0v) is 11.0. The van der Waals surface area contributed by atoms with E-state index in [0.717, 1.165) is 22.3 Å². The van der Waals surface area contributed by atoms with E-state index in [4.69, 9.17) is 5.73 Å². The predicted octanol–water partition coefficient (Wildman–Crippen LogP) is 1.55. The summed E-state index contributed by atoms with van der Waals surface area (Å²) in [5, 5.41) is 12.1. The second kappa shape index (κ2) is 3.78. The van der Waals surface area contributed by atoms with Gasteiger partial charge in [0, 0.05) is 11.8 Å². The molecule has 0 aliphatic heterocycles. The highest BCUT2D eigenvalue weighted by atomic mass is 15.3. The van der Waals surface area contributed by atoms with Crippen molar-refractivity contribution in [1.82, 2.24) is 29.9 Å². The first-order chi connectivity index (χ1) is 8.98. The number of nitrogens with one attached hydrogen (secondary N) is 1. The van der Waals surface area contributed by atoms with Crippen molar-refractivity contribution in [3.8, 4) is 11.3 Å². The lowest BCUT2D eigenvalue weighted by molar-refractivity contribution is 0.367. The summed E-state index contributed by atoms with van der Waals surface area (Å²) in [5.41, 5.74) is 8.14. The van der Waals surface area contributed by atoms with Gasteiger partial charge in [-0.3, -0.25) is 5.10 Å². The molecule has 0 aliphatic carbocycles. The number of H-pyrrole nitrogens is 1. The summed E-state index contributed by atoms with van der Waals surface area (Å²) in [7, 11) is 0. The van der Waals surface area contributed by atoms with Gasteiger partial charge in [0.25, 0.3) is 0 Å². The summed E-state index contributed by atoms with van der Waals surface area (Å²) in [5.74, 6) is 0.428. The Morgan fingerprint density at radius 2 is 2.05 bits per heavy atom. The molecule has 0 bridgehead atoms. The van der Waals surface area contributed by atoms with E-state index in [0.29, 0.717) is 5.82 Å². The Bertz CT molecular complexity index is 718. The summed E-state index contributed by atoms with van der Waals surface area (Å²) >= 11 is 0. The van der Waals surface area contributed by atoms with Crippen LogP contribution in [0.25, 0.3) is 22.3 Å². The lowest BCUT2D eigenvalue weighted by Crippen LogP contribution is -2.23. The van der Waals surface area contributed by atoms with Gasteiger partial charge in [-0.2, -0.15) is 10.2 Å². The molecule has 0 saturated heterocycles. The van der Waals surface area contributed by atoms with Gasteiger partial charge in [0.15, 0.2) is 5.65 Å². The molecule has 0 radical (unpaired) electrons. The quantitative estimate of drug-likeness (QED) is 0.689. The molecule has 0 saturated carbocycles. The smallest absolute Gasteiger partial charge is 0.164 e. The minimum absolute atomic E-state index is 0.193. The maximum atomic E-state index is 5.98. The number of hydrogen-bond donors (Lipinski definition) is 2. The average Bonchev–Trinajstić information content (AvgIpc) is 2.94. The lowest BCUT2D eigenvalue weighted by atomic mass is 10.1. The van der Waals surface area contributed by atoms with Crippen molar-refractivity contribution in [3.63, 3.8) is 0 Å². The number of nitrogens with two attached hydrogens (primary N) is 1. The Hall–Kier alpha value is -2.44. The molecular weight excluding hydrogens is 242 g/mol. The summed E-state index contributed by atoms with van der Waals surface area (Å²) in [6.45, 7) is 6.20. The van der Waals surface area contributed by atoms with E-state index in [1.165, 1.54) is 6.33 Å². The van der Waals surface area contributed by atoms with Crippen molar-refractivity contribution in [2.75, 3.05) is 5.73 Å². The minimum atomic E-state index is -0.193. The second-order valence-corrected chi connectivity index (χ2v) is 5.38. The largest absolute Gasteiger partial charge is 0.383 e. The number of nitrogen functional groups attached to an aromatic ring is 1. The van der Waals surface area contributed by atoms with Crippen LogP contribution in [0, 0.1) is 0 Å². The van der Waals surface area contributed by atoms with Crippen LogP contribution in [0.15, 0.2) is 18.7 Å². The van der Waals surface area contributed by atoms with Crippen molar-refractivity contribution in [2.45, 2.75) is 26.3 Å². The highest BCUT2D eigenvalue weighted by molar-refractivity contribution is 5.98. The zero-order chi connectivity index (χ0) is 13.6. The van der Waals surface area contributed by atoms with Crippen LogP contribution in [0.5, 0.6) is 0 Å². The predicted molar refractivity (Wildman–Crippen MR) is 72.3 cm³/mol. The van der Waals surface area contributed by atoms with Crippen molar-refractivity contribution < 1.29 is 0 Å². The monoisotopic (exact) mass is 257 g/mol. The number of hydrogen-bond acceptors (Lipinski definition) is 5. The van der Waals surface area contributed by atoms with Gasteiger partial charge < -0.3 is 5.73 Å². The van der Waals surface area contributed by atoms with Crippen molar-refractivity contribution >= 4 is 16.9 Å². The van der Waals surface area contributed by atoms with Gasteiger partial charge in [-0.05, 0) is 20.8 Å². The molecule has 3 aromatic heterocycles. The Balaban J connectivity index is 2.41. The SMILES string of the molecule is CC(C)(C)n1nc(-c2cn[nH]c2)c2c(N)ncnc21. The normalized spacial score (nSPS) is 12.2. The molecule has 0 unspecified atom stereocenters. The van der Waals surface area contributed by atoms with E-state index >= 15 is 0 Å². The number of nitrogens with zero attached hydrogens (tertiary/aromatic N) is 5. The molecule has 3 rings (SSSR count). The van der Waals surface area contributed by atoms with Crippen LogP contribution < -0.4 is 5.73 Å². The van der Waals surface area contributed by atoms with Crippen LogP contribution in [0.3, 0.4) is 0 Å². The Kier molecular flexibility index (Phi) is 2.31. The fraction of sp³-hybridized carbons (Fsp3) is 0.333. The van der Waals surface area contributed by atoms with Crippen molar-refractivity contribution in [1.29, 1.82) is 0 Å². The first-order valence-corrected chi connectivity index (χ1v) is 5.97. The Morgan fingerprint density at radius 1 is 1.26 bits per heavy atom. The third-order valence-corrected chi connectivity index (χ3v) is 2.90. The maximum absolute atomic E-state index is 5.98. The molecular formula is C12H15N7. The number of fused-ring (bicyclic) bond motifs is 1. The van der Waals surface area contributed by atoms with Crippen molar-refractivity contribution in [2.24, 2.45) is 0 Å². The fourth-order valence-corrected chi connectivity index (χ4v) is 2.02. The van der Waals surface area contributed by atoms with Crippen LogP contribution >= 0.6 is 0 Å². The summed E-state index contributed by atoms with van der Waals surface area (Å²) in [4.78, 5) is 8.37. The molecule has 3 N–H and O–H groups in total. The first-order valence-electron chi connectivity index (χ1n) is 5.97. The molecule has 0 amide bonds. The molecule has 98 valence electrons. The highest BCUT2D eigenvalue weighted by Gasteiger charge is 2.23. The van der Waals surface area contributed by atoms with E-state index < -0.39 is 0 Å². The van der Waals surface area contributed by atoms with E-state index in [1.807, 2.05) is 4.68 Å². The number of aromatic amines is 1. The number of aromatic nitrogens is 6. The average molecular weight is 257 g/mol. The molecule has 19 heavy (non-hydrogen) atoms. The standard InChI is InChI=1S/C12H15N7/c1-12(2,3)19-11-8(10(13)14-6-15-11)9(18-19)7-4-16-17-5-7/h4-6H,1-3H3,(H,16,17)(H2,13,14,15). The van der Waals surface area contributed by atoms with Gasteiger partial charge in [-0.15, -0.1) is 0 Å². The number of rotatable bonds is 1. The minimum Gasteiger partial charge on any atom is -0.383 e. The van der Waals surface area contributed by atoms with Crippen LogP contribution in [0.4, 0.5) is 5.82 Å². The van der Waals surface area contributed by atoms with Crippen LogP contribution in [-0.2, 0) is 5.54 Å². The van der Waals surface area contributed by atoms with E-state index in [-0.39, 0.29) is 5.54 Å². The van der Waals surface area contributed by atoms with Gasteiger partial charge in [-0.1, -0.05) is 0 Å². The van der Waals surface area contributed by atoms with Gasteiger partial charge in [0.05, 0.1) is 17.1 Å². The van der Waals surface area contributed by atoms with E-state index in [1.54, 1.807) is 12.4 Å². The molecule has 0 spiro atoms. The summed E-state index contributed by atoms with van der Waals surface area (Å²) in [6, 6.07) is 0. The zero-order valence-electron chi connectivity index (χ0n) is 11.0. The molecule has 3 aromatic rings. The molecule has 0 aliphatic rings. The first kappa shape index (κ1) is 11.6. The summed E-state index contributed by atoms with van der Waals surface area (Å²) in [6.07, 6.45) is 4.95. The van der Waals surface area contributed by atoms with Crippen LogP contribution in [0.2, 0.25) is 0 Å². The third-order valence-electron chi connectivity index (χ3n) is 2.90. The van der Waals surface area contributed by atoms with Crippen molar-refractivity contribution in [3.05, 3.63) is 18.7 Å². The fourth-order valence-electron chi connectivity index (χ4n) is 2.02. The van der Waals surface area contributed by atoms with Crippen LogP contribution in [0.1, 0.15) is 20.8 Å². The highest BCUT2D eigenvalue weighted by Crippen LogP contribution is 2.32. The van der Waals surface area contributed by atoms with Gasteiger partial charge in [0.1, 0.15) is 17.8 Å². The topological polar surface area (TPSA) is 98.3 Å². The maximum Gasteiger partial charge on any atom is 0.164 e. The molecule has 3 heterocycles. The van der Waals surface area contributed by atoms with Crippen LogP contribution in [-0.4, -0.2) is 29.9 Å². The molecule has 7 heteroatoms. The van der Waals surface area contributed by atoms with E-state index in [9.17, 15) is 0 Å². The Morgan fingerprint density at radius 3 is 2.68 bits per heavy atom. The molecule has 7 nitrogen and oxygen atoms in total. The Labute approximate surface area is 109 Å². The lowest BCUT2D eigenvalue weighted by Gasteiger charge is -2.19. The third kappa shape index (κ3) is 1.74.